The van der Waals surface area contributed by atoms with E-state index in [4.69, 9.17) is 4.42 Å². The van der Waals surface area contributed by atoms with Gasteiger partial charge < -0.3 is 8.83 Å². The fourth-order valence-electron chi connectivity index (χ4n) is 0.606. The molecule has 2 heterocycles. The van der Waals surface area contributed by atoms with Gasteiger partial charge in [0.1, 0.15) is 0 Å². The molecular formula is C9H10O2S. The first-order valence-electron chi connectivity index (χ1n) is 3.48. The maximum Gasteiger partial charge on any atom is 0.159 e. The minimum Gasteiger partial charge on any atom is -0.473 e. The molecule has 3 heteroatoms. The highest BCUT2D eigenvalue weighted by Crippen LogP contribution is 2.12. The average Bonchev–Trinajstić information content (AvgIpc) is 2.81. The van der Waals surface area contributed by atoms with Crippen LogP contribution in [0.5, 0.6) is 0 Å². The Labute approximate surface area is 75.6 Å². The van der Waals surface area contributed by atoms with Gasteiger partial charge in [0.15, 0.2) is 5.09 Å². The van der Waals surface area contributed by atoms with E-state index in [9.17, 15) is 0 Å². The third-order valence-electron chi connectivity index (χ3n) is 1.12. The standard InChI is InChI=1S/C5H6OS.C4H4O/c1-7-5-3-2-4-6-5;1-2-4-5-3-1/h2-4H,1H3;1-4H. The highest BCUT2D eigenvalue weighted by molar-refractivity contribution is 7.98. The summed E-state index contributed by atoms with van der Waals surface area (Å²) in [6.07, 6.45) is 6.91. The lowest BCUT2D eigenvalue weighted by atomic mass is 10.7. The highest BCUT2D eigenvalue weighted by Gasteiger charge is 1.85. The Morgan fingerprint density at radius 2 is 1.83 bits per heavy atom. The second kappa shape index (κ2) is 5.55. The monoisotopic (exact) mass is 182 g/mol. The van der Waals surface area contributed by atoms with E-state index in [-0.39, 0.29) is 0 Å². The highest BCUT2D eigenvalue weighted by atomic mass is 32.2. The van der Waals surface area contributed by atoms with Crippen molar-refractivity contribution in [1.29, 1.82) is 0 Å². The van der Waals surface area contributed by atoms with Crippen molar-refractivity contribution in [2.24, 2.45) is 0 Å². The number of thioether (sulfide) groups is 1. The summed E-state index contributed by atoms with van der Waals surface area (Å²) < 4.78 is 9.53. The zero-order valence-corrected chi connectivity index (χ0v) is 7.58. The van der Waals surface area contributed by atoms with Crippen molar-refractivity contribution in [2.45, 2.75) is 5.09 Å². The molecule has 2 nitrogen and oxygen atoms in total. The molecule has 2 aromatic heterocycles. The minimum atomic E-state index is 0.972. The largest absolute Gasteiger partial charge is 0.473 e. The molecule has 2 aromatic rings. The Kier molecular flexibility index (Phi) is 4.16. The van der Waals surface area contributed by atoms with E-state index < -0.39 is 0 Å². The van der Waals surface area contributed by atoms with E-state index in [0.29, 0.717) is 0 Å². The third kappa shape index (κ3) is 3.34. The first-order valence-corrected chi connectivity index (χ1v) is 4.70. The van der Waals surface area contributed by atoms with E-state index in [1.54, 1.807) is 30.6 Å². The lowest BCUT2D eigenvalue weighted by Gasteiger charge is -1.79. The number of hydrogen-bond acceptors (Lipinski definition) is 3. The van der Waals surface area contributed by atoms with Gasteiger partial charge in [0.05, 0.1) is 18.8 Å². The van der Waals surface area contributed by atoms with E-state index >= 15 is 0 Å². The van der Waals surface area contributed by atoms with Crippen molar-refractivity contribution in [1.82, 2.24) is 0 Å². The summed E-state index contributed by atoms with van der Waals surface area (Å²) in [5, 5.41) is 0.972. The van der Waals surface area contributed by atoms with Crippen LogP contribution in [0, 0.1) is 0 Å². The van der Waals surface area contributed by atoms with Gasteiger partial charge in [-0.2, -0.15) is 0 Å². The molecule has 0 saturated heterocycles. The quantitative estimate of drug-likeness (QED) is 0.633. The van der Waals surface area contributed by atoms with Gasteiger partial charge in [0.2, 0.25) is 0 Å². The van der Waals surface area contributed by atoms with Crippen LogP contribution in [0.4, 0.5) is 0 Å². The van der Waals surface area contributed by atoms with Crippen LogP contribution in [0.25, 0.3) is 0 Å². The molecule has 64 valence electrons. The zero-order valence-electron chi connectivity index (χ0n) is 6.77. The summed E-state index contributed by atoms with van der Waals surface area (Å²) in [4.78, 5) is 0. The second-order valence-corrected chi connectivity index (χ2v) is 2.74. The molecule has 0 atom stereocenters. The van der Waals surface area contributed by atoms with E-state index in [1.807, 2.05) is 30.5 Å². The van der Waals surface area contributed by atoms with Crippen LogP contribution in [0.2, 0.25) is 0 Å². The number of rotatable bonds is 1. The second-order valence-electron chi connectivity index (χ2n) is 1.93. The SMILES string of the molecule is CSc1ccco1.c1ccoc1. The van der Waals surface area contributed by atoms with Gasteiger partial charge in [-0.25, -0.2) is 0 Å². The van der Waals surface area contributed by atoms with E-state index in [0.717, 1.165) is 5.09 Å². The Balaban J connectivity index is 0.000000127. The molecule has 0 radical (unpaired) electrons. The Hall–Kier alpha value is -1.09. The molecule has 0 aliphatic carbocycles. The lowest BCUT2D eigenvalue weighted by Crippen LogP contribution is -1.50. The molecule has 0 aliphatic rings. The molecular weight excluding hydrogens is 172 g/mol. The van der Waals surface area contributed by atoms with Gasteiger partial charge in [-0.15, -0.1) is 0 Å². The molecule has 0 bridgehead atoms. The van der Waals surface area contributed by atoms with Gasteiger partial charge >= 0.3 is 0 Å². The predicted octanol–water partition coefficient (Wildman–Crippen LogP) is 3.28. The molecule has 2 rings (SSSR count). The first kappa shape index (κ1) is 9.00. The molecule has 0 N–H and O–H groups in total. The predicted molar refractivity (Wildman–Crippen MR) is 49.2 cm³/mol. The summed E-state index contributed by atoms with van der Waals surface area (Å²) in [5.74, 6) is 0. The van der Waals surface area contributed by atoms with Gasteiger partial charge in [-0.1, -0.05) is 11.8 Å². The van der Waals surface area contributed by atoms with Crippen LogP contribution in [0.3, 0.4) is 0 Å². The molecule has 12 heavy (non-hydrogen) atoms. The zero-order chi connectivity index (χ0) is 8.65. The van der Waals surface area contributed by atoms with Gasteiger partial charge in [-0.3, -0.25) is 0 Å². The van der Waals surface area contributed by atoms with Crippen LogP contribution >= 0.6 is 11.8 Å². The van der Waals surface area contributed by atoms with Gasteiger partial charge in [0, 0.05) is 0 Å². The number of furan rings is 2. The van der Waals surface area contributed by atoms with E-state index in [2.05, 4.69) is 4.42 Å². The molecule has 0 unspecified atom stereocenters. The Bertz CT molecular complexity index is 243. The third-order valence-corrected chi connectivity index (χ3v) is 1.76. The number of hydrogen-bond donors (Lipinski definition) is 0. The summed E-state index contributed by atoms with van der Waals surface area (Å²) >= 11 is 1.61. The summed E-state index contributed by atoms with van der Waals surface area (Å²) in [6.45, 7) is 0. The van der Waals surface area contributed by atoms with Crippen LogP contribution in [-0.2, 0) is 0 Å². The smallest absolute Gasteiger partial charge is 0.159 e. The first-order chi connectivity index (χ1) is 5.93. The lowest BCUT2D eigenvalue weighted by molar-refractivity contribution is 0.475. The van der Waals surface area contributed by atoms with Crippen molar-refractivity contribution in [3.8, 4) is 0 Å². The minimum absolute atomic E-state index is 0.972. The van der Waals surface area contributed by atoms with Crippen LogP contribution in [0.1, 0.15) is 0 Å². The van der Waals surface area contributed by atoms with Gasteiger partial charge in [0.25, 0.3) is 0 Å². The Morgan fingerprint density at radius 1 is 1.08 bits per heavy atom. The maximum atomic E-state index is 4.95. The molecule has 0 amide bonds. The van der Waals surface area contributed by atoms with Crippen molar-refractivity contribution >= 4 is 11.8 Å². The molecule has 0 fully saturated rings. The van der Waals surface area contributed by atoms with Crippen LogP contribution in [-0.4, -0.2) is 6.26 Å². The molecule has 0 spiro atoms. The fourth-order valence-corrected chi connectivity index (χ4v) is 0.973. The molecule has 0 saturated carbocycles. The topological polar surface area (TPSA) is 26.3 Å². The van der Waals surface area contributed by atoms with Crippen molar-refractivity contribution in [3.63, 3.8) is 0 Å². The fraction of sp³-hybridized carbons (Fsp3) is 0.111. The van der Waals surface area contributed by atoms with Crippen molar-refractivity contribution in [3.05, 3.63) is 43.1 Å². The Morgan fingerprint density at radius 3 is 2.08 bits per heavy atom. The van der Waals surface area contributed by atoms with Crippen molar-refractivity contribution < 1.29 is 8.83 Å². The summed E-state index contributed by atoms with van der Waals surface area (Å²) in [6, 6.07) is 7.48. The average molecular weight is 182 g/mol. The summed E-state index contributed by atoms with van der Waals surface area (Å²) in [7, 11) is 0. The van der Waals surface area contributed by atoms with Crippen LogP contribution in [0.15, 0.2) is 57.0 Å². The summed E-state index contributed by atoms with van der Waals surface area (Å²) in [5.41, 5.74) is 0. The van der Waals surface area contributed by atoms with Gasteiger partial charge in [-0.05, 0) is 30.5 Å². The molecule has 0 aliphatic heterocycles. The van der Waals surface area contributed by atoms with Crippen LogP contribution < -0.4 is 0 Å². The normalized spacial score (nSPS) is 8.75. The van der Waals surface area contributed by atoms with Crippen molar-refractivity contribution in [2.75, 3.05) is 6.26 Å². The maximum absolute atomic E-state index is 4.95. The molecule has 0 aromatic carbocycles. The van der Waals surface area contributed by atoms with E-state index in [1.165, 1.54) is 0 Å².